The molecule has 26 heavy (non-hydrogen) atoms. The quantitative estimate of drug-likeness (QED) is 0.829. The van der Waals surface area contributed by atoms with Crippen LogP contribution in [0.25, 0.3) is 10.9 Å². The zero-order valence-electron chi connectivity index (χ0n) is 15.3. The SMILES string of the molecule is O=C(c1cc(N2CCCCCCC2)nc2ccccc12)N1CCOCC1. The smallest absolute Gasteiger partial charge is 0.254 e. The number of aromatic nitrogens is 1. The van der Waals surface area contributed by atoms with Crippen molar-refractivity contribution >= 4 is 22.6 Å². The number of hydrogen-bond donors (Lipinski definition) is 0. The van der Waals surface area contributed by atoms with Gasteiger partial charge in [0.1, 0.15) is 5.82 Å². The zero-order chi connectivity index (χ0) is 17.8. The minimum absolute atomic E-state index is 0.0974. The Hall–Kier alpha value is -2.14. The molecule has 0 aliphatic carbocycles. The van der Waals surface area contributed by atoms with Gasteiger partial charge in [0, 0.05) is 31.6 Å². The highest BCUT2D eigenvalue weighted by Gasteiger charge is 2.22. The van der Waals surface area contributed by atoms with Crippen LogP contribution >= 0.6 is 0 Å². The van der Waals surface area contributed by atoms with Crippen LogP contribution in [0, 0.1) is 0 Å². The first-order valence-corrected chi connectivity index (χ1v) is 9.85. The fourth-order valence-electron chi connectivity index (χ4n) is 3.91. The van der Waals surface area contributed by atoms with Crippen molar-refractivity contribution < 1.29 is 9.53 Å². The van der Waals surface area contributed by atoms with E-state index >= 15 is 0 Å². The van der Waals surface area contributed by atoms with Crippen LogP contribution in [0.4, 0.5) is 5.82 Å². The van der Waals surface area contributed by atoms with Gasteiger partial charge in [-0.25, -0.2) is 4.98 Å². The fraction of sp³-hybridized carbons (Fsp3) is 0.524. The van der Waals surface area contributed by atoms with Crippen LogP contribution < -0.4 is 4.90 Å². The molecule has 5 heteroatoms. The van der Waals surface area contributed by atoms with E-state index in [0.29, 0.717) is 26.3 Å². The van der Waals surface area contributed by atoms with Gasteiger partial charge in [-0.05, 0) is 25.0 Å². The maximum atomic E-state index is 13.2. The largest absolute Gasteiger partial charge is 0.378 e. The topological polar surface area (TPSA) is 45.7 Å². The van der Waals surface area contributed by atoms with E-state index < -0.39 is 0 Å². The predicted molar refractivity (Wildman–Crippen MR) is 104 cm³/mol. The second-order valence-corrected chi connectivity index (χ2v) is 7.20. The number of para-hydroxylation sites is 1. The summed E-state index contributed by atoms with van der Waals surface area (Å²) in [5, 5.41) is 0.944. The van der Waals surface area contributed by atoms with E-state index in [1.165, 1.54) is 32.1 Å². The minimum Gasteiger partial charge on any atom is -0.378 e. The van der Waals surface area contributed by atoms with E-state index in [0.717, 1.165) is 35.4 Å². The molecule has 2 fully saturated rings. The van der Waals surface area contributed by atoms with Crippen LogP contribution in [-0.2, 0) is 4.74 Å². The van der Waals surface area contributed by atoms with Gasteiger partial charge < -0.3 is 14.5 Å². The average Bonchev–Trinajstić information content (AvgIpc) is 2.67. The standard InChI is InChI=1S/C21H27N3O2/c25-21(24-12-14-26-15-13-24)18-16-20(22-19-9-5-4-8-17(18)19)23-10-6-2-1-3-7-11-23/h4-5,8-9,16H,1-3,6-7,10-15H2. The Morgan fingerprint density at radius 2 is 1.62 bits per heavy atom. The summed E-state index contributed by atoms with van der Waals surface area (Å²) in [6.45, 7) is 4.61. The molecule has 0 saturated carbocycles. The Morgan fingerprint density at radius 3 is 2.38 bits per heavy atom. The van der Waals surface area contributed by atoms with Crippen LogP contribution in [0.2, 0.25) is 0 Å². The van der Waals surface area contributed by atoms with E-state index in [1.54, 1.807) is 0 Å². The molecular weight excluding hydrogens is 326 g/mol. The highest BCUT2D eigenvalue weighted by atomic mass is 16.5. The van der Waals surface area contributed by atoms with Gasteiger partial charge in [0.05, 0.1) is 24.3 Å². The highest BCUT2D eigenvalue weighted by molar-refractivity contribution is 6.07. The third kappa shape index (κ3) is 3.68. The van der Waals surface area contributed by atoms with E-state index in [-0.39, 0.29) is 5.91 Å². The lowest BCUT2D eigenvalue weighted by Crippen LogP contribution is -2.41. The number of morpholine rings is 1. The summed E-state index contributed by atoms with van der Waals surface area (Å²) in [4.78, 5) is 22.4. The molecule has 2 aliphatic rings. The van der Waals surface area contributed by atoms with Gasteiger partial charge in [-0.15, -0.1) is 0 Å². The van der Waals surface area contributed by atoms with Crippen molar-refractivity contribution in [2.45, 2.75) is 32.1 Å². The maximum Gasteiger partial charge on any atom is 0.254 e. The Balaban J connectivity index is 1.71. The Labute approximate surface area is 154 Å². The molecule has 1 aromatic heterocycles. The van der Waals surface area contributed by atoms with Crippen molar-refractivity contribution in [3.05, 3.63) is 35.9 Å². The summed E-state index contributed by atoms with van der Waals surface area (Å²) >= 11 is 0. The molecule has 0 spiro atoms. The van der Waals surface area contributed by atoms with Crippen molar-refractivity contribution in [2.75, 3.05) is 44.3 Å². The third-order valence-electron chi connectivity index (χ3n) is 5.41. The van der Waals surface area contributed by atoms with Gasteiger partial charge in [-0.3, -0.25) is 4.79 Å². The molecule has 0 N–H and O–H groups in total. The summed E-state index contributed by atoms with van der Waals surface area (Å²) in [6.07, 6.45) is 6.29. The van der Waals surface area contributed by atoms with E-state index in [4.69, 9.17) is 9.72 Å². The first kappa shape index (κ1) is 17.3. The molecule has 2 aromatic rings. The Morgan fingerprint density at radius 1 is 0.923 bits per heavy atom. The van der Waals surface area contributed by atoms with Crippen molar-refractivity contribution in [3.8, 4) is 0 Å². The van der Waals surface area contributed by atoms with Gasteiger partial charge in [0.2, 0.25) is 0 Å². The van der Waals surface area contributed by atoms with Crippen LogP contribution in [0.3, 0.4) is 0 Å². The molecular formula is C21H27N3O2. The number of rotatable bonds is 2. The Bertz CT molecular complexity index is 763. The molecule has 5 nitrogen and oxygen atoms in total. The predicted octanol–water partition coefficient (Wildman–Crippen LogP) is 3.48. The fourth-order valence-corrected chi connectivity index (χ4v) is 3.91. The van der Waals surface area contributed by atoms with E-state index in [1.807, 2.05) is 35.2 Å². The molecule has 2 aliphatic heterocycles. The second kappa shape index (κ2) is 8.04. The number of nitrogens with zero attached hydrogens (tertiary/aromatic N) is 3. The normalized spacial score (nSPS) is 19.2. The number of carbonyl (C=O) groups is 1. The molecule has 138 valence electrons. The molecule has 0 atom stereocenters. The lowest BCUT2D eigenvalue weighted by atomic mass is 10.1. The summed E-state index contributed by atoms with van der Waals surface area (Å²) in [5.41, 5.74) is 1.68. The van der Waals surface area contributed by atoms with Crippen LogP contribution in [0.1, 0.15) is 42.5 Å². The molecule has 1 aromatic carbocycles. The number of ether oxygens (including phenoxy) is 1. The van der Waals surface area contributed by atoms with E-state index in [9.17, 15) is 4.79 Å². The molecule has 1 amide bonds. The Kier molecular flexibility index (Phi) is 5.34. The average molecular weight is 353 g/mol. The molecule has 4 rings (SSSR count). The zero-order valence-corrected chi connectivity index (χ0v) is 15.3. The summed E-state index contributed by atoms with van der Waals surface area (Å²) < 4.78 is 5.40. The lowest BCUT2D eigenvalue weighted by Gasteiger charge is -2.29. The number of hydrogen-bond acceptors (Lipinski definition) is 4. The van der Waals surface area contributed by atoms with Crippen molar-refractivity contribution in [2.24, 2.45) is 0 Å². The van der Waals surface area contributed by atoms with Gasteiger partial charge in [-0.1, -0.05) is 37.5 Å². The number of carbonyl (C=O) groups excluding carboxylic acids is 1. The van der Waals surface area contributed by atoms with Gasteiger partial charge in [0.25, 0.3) is 5.91 Å². The first-order chi connectivity index (χ1) is 12.8. The van der Waals surface area contributed by atoms with Crippen molar-refractivity contribution in [3.63, 3.8) is 0 Å². The van der Waals surface area contributed by atoms with Crippen molar-refractivity contribution in [1.29, 1.82) is 0 Å². The number of fused-ring (bicyclic) bond motifs is 1. The van der Waals surface area contributed by atoms with Gasteiger partial charge in [0.15, 0.2) is 0 Å². The maximum absolute atomic E-state index is 13.2. The van der Waals surface area contributed by atoms with Crippen LogP contribution in [-0.4, -0.2) is 55.2 Å². The highest BCUT2D eigenvalue weighted by Crippen LogP contribution is 2.26. The minimum atomic E-state index is 0.0974. The second-order valence-electron chi connectivity index (χ2n) is 7.20. The first-order valence-electron chi connectivity index (χ1n) is 9.85. The molecule has 3 heterocycles. The van der Waals surface area contributed by atoms with Crippen LogP contribution in [0.15, 0.2) is 30.3 Å². The number of pyridine rings is 1. The van der Waals surface area contributed by atoms with Gasteiger partial charge >= 0.3 is 0 Å². The molecule has 0 radical (unpaired) electrons. The van der Waals surface area contributed by atoms with Crippen molar-refractivity contribution in [1.82, 2.24) is 9.88 Å². The number of amides is 1. The third-order valence-corrected chi connectivity index (χ3v) is 5.41. The number of anilines is 1. The summed E-state index contributed by atoms with van der Waals surface area (Å²) in [5.74, 6) is 1.04. The number of benzene rings is 1. The summed E-state index contributed by atoms with van der Waals surface area (Å²) in [7, 11) is 0. The summed E-state index contributed by atoms with van der Waals surface area (Å²) in [6, 6.07) is 10.0. The molecule has 0 unspecified atom stereocenters. The molecule has 0 bridgehead atoms. The monoisotopic (exact) mass is 353 g/mol. The lowest BCUT2D eigenvalue weighted by molar-refractivity contribution is 0.0304. The molecule has 2 saturated heterocycles. The van der Waals surface area contributed by atoms with E-state index in [2.05, 4.69) is 4.90 Å². The van der Waals surface area contributed by atoms with Gasteiger partial charge in [-0.2, -0.15) is 0 Å². The van der Waals surface area contributed by atoms with Crippen LogP contribution in [0.5, 0.6) is 0 Å².